The third-order valence-corrected chi connectivity index (χ3v) is 3.41. The Balaban J connectivity index is 0.00000190. The Labute approximate surface area is 163 Å². The molecule has 0 radical (unpaired) electrons. The number of nitrogens with zero attached hydrogens (tertiary/aromatic N) is 2. The van der Waals surface area contributed by atoms with Crippen LogP contribution in [-0.4, -0.2) is 15.9 Å². The van der Waals surface area contributed by atoms with Gasteiger partial charge < -0.3 is 10.4 Å². The highest BCUT2D eigenvalue weighted by atomic mass is 16.6. The number of phenolic OH excluding ortho intramolecular Hbond substituents is 1. The quantitative estimate of drug-likeness (QED) is 0.258. The number of nitro groups is 1. The van der Waals surface area contributed by atoms with Gasteiger partial charge in [0.05, 0.1) is 4.92 Å². The Bertz CT molecular complexity index is 893. The molecular formula is C21H21N3O4. The predicted octanol–water partition coefficient (Wildman–Crippen LogP) is 4.11. The molecule has 0 aromatic heterocycles. The summed E-state index contributed by atoms with van der Waals surface area (Å²) in [4.78, 5) is 22.1. The van der Waals surface area contributed by atoms with Gasteiger partial charge in [-0.05, 0) is 41.5 Å². The van der Waals surface area contributed by atoms with Gasteiger partial charge >= 0.3 is 0 Å². The third kappa shape index (κ3) is 7.14. The number of rotatable bonds is 6. The van der Waals surface area contributed by atoms with Crippen LogP contribution in [0.4, 0.5) is 5.69 Å². The second-order valence-corrected chi connectivity index (χ2v) is 5.25. The van der Waals surface area contributed by atoms with Crippen molar-refractivity contribution in [2.24, 2.45) is 0 Å². The zero-order valence-electron chi connectivity index (χ0n) is 15.6. The minimum Gasteiger partial charge on any atom is -0.508 e. The monoisotopic (exact) mass is 379 g/mol. The minimum absolute atomic E-state index is 0.0102. The van der Waals surface area contributed by atoms with Crippen molar-refractivity contribution >= 4 is 17.7 Å². The highest BCUT2D eigenvalue weighted by molar-refractivity contribution is 5.97. The molecule has 0 aliphatic rings. The van der Waals surface area contributed by atoms with E-state index in [1.807, 2.05) is 19.9 Å². The molecule has 144 valence electrons. The van der Waals surface area contributed by atoms with Gasteiger partial charge in [-0.2, -0.15) is 5.26 Å². The maximum atomic E-state index is 12.0. The van der Waals surface area contributed by atoms with E-state index in [4.69, 9.17) is 5.26 Å². The maximum Gasteiger partial charge on any atom is 0.269 e. The van der Waals surface area contributed by atoms with Crippen LogP contribution in [0.15, 0.2) is 66.3 Å². The van der Waals surface area contributed by atoms with E-state index in [1.165, 1.54) is 36.4 Å². The lowest BCUT2D eigenvalue weighted by Crippen LogP contribution is -2.23. The van der Waals surface area contributed by atoms with E-state index in [0.717, 1.165) is 5.56 Å². The predicted molar refractivity (Wildman–Crippen MR) is 107 cm³/mol. The number of hydrogen-bond acceptors (Lipinski definition) is 5. The zero-order chi connectivity index (χ0) is 20.9. The molecule has 2 rings (SSSR count). The molecule has 0 aliphatic carbocycles. The summed E-state index contributed by atoms with van der Waals surface area (Å²) < 4.78 is 0. The maximum absolute atomic E-state index is 12.0. The van der Waals surface area contributed by atoms with E-state index in [0.29, 0.717) is 5.56 Å². The average molecular weight is 379 g/mol. The van der Waals surface area contributed by atoms with E-state index in [2.05, 4.69) is 5.32 Å². The van der Waals surface area contributed by atoms with Crippen molar-refractivity contribution in [3.63, 3.8) is 0 Å². The second kappa shape index (κ2) is 11.6. The molecule has 0 atom stereocenters. The fourth-order valence-corrected chi connectivity index (χ4v) is 2.02. The topological polar surface area (TPSA) is 116 Å². The number of nitriles is 1. The van der Waals surface area contributed by atoms with Gasteiger partial charge in [-0.25, -0.2) is 0 Å². The molecule has 0 unspecified atom stereocenters. The van der Waals surface area contributed by atoms with Crippen LogP contribution in [-0.2, 0) is 11.3 Å². The van der Waals surface area contributed by atoms with Gasteiger partial charge in [-0.15, -0.1) is 0 Å². The van der Waals surface area contributed by atoms with Gasteiger partial charge in [0, 0.05) is 18.7 Å². The molecule has 7 heteroatoms. The molecule has 0 heterocycles. The van der Waals surface area contributed by atoms with Crippen LogP contribution in [0, 0.1) is 21.4 Å². The lowest BCUT2D eigenvalue weighted by atomic mass is 10.1. The summed E-state index contributed by atoms with van der Waals surface area (Å²) in [6.07, 6.45) is 4.53. The number of benzene rings is 2. The van der Waals surface area contributed by atoms with Crippen molar-refractivity contribution in [1.29, 1.82) is 5.26 Å². The van der Waals surface area contributed by atoms with Crippen molar-refractivity contribution in [1.82, 2.24) is 5.32 Å². The lowest BCUT2D eigenvalue weighted by Gasteiger charge is -2.04. The number of carbonyl (C=O) groups excluding carboxylic acids is 1. The van der Waals surface area contributed by atoms with Crippen LogP contribution in [0.3, 0.4) is 0 Å². The van der Waals surface area contributed by atoms with Crippen molar-refractivity contribution < 1.29 is 14.8 Å². The largest absolute Gasteiger partial charge is 0.508 e. The first-order chi connectivity index (χ1) is 13.5. The van der Waals surface area contributed by atoms with Crippen LogP contribution in [0.1, 0.15) is 25.0 Å². The summed E-state index contributed by atoms with van der Waals surface area (Å²) >= 11 is 0. The molecule has 2 N–H and O–H groups in total. The summed E-state index contributed by atoms with van der Waals surface area (Å²) in [6, 6.07) is 14.1. The molecular weight excluding hydrogens is 358 g/mol. The first-order valence-electron chi connectivity index (χ1n) is 8.58. The molecule has 7 nitrogen and oxygen atoms in total. The van der Waals surface area contributed by atoms with Crippen molar-refractivity contribution in [3.05, 3.63) is 87.5 Å². The Morgan fingerprint density at radius 1 is 1.18 bits per heavy atom. The number of amides is 1. The summed E-state index contributed by atoms with van der Waals surface area (Å²) in [5, 5.41) is 31.5. The zero-order valence-corrected chi connectivity index (χ0v) is 15.6. The smallest absolute Gasteiger partial charge is 0.269 e. The fourth-order valence-electron chi connectivity index (χ4n) is 2.02. The lowest BCUT2D eigenvalue weighted by molar-refractivity contribution is -0.384. The number of phenols is 1. The molecule has 1 amide bonds. The number of nitrogens with one attached hydrogen (secondary N) is 1. The molecule has 0 saturated carbocycles. The van der Waals surface area contributed by atoms with Gasteiger partial charge in [-0.1, -0.05) is 38.1 Å². The Hall–Kier alpha value is -3.92. The summed E-state index contributed by atoms with van der Waals surface area (Å²) in [7, 11) is 0. The number of non-ortho nitro benzene ring substituents is 1. The normalized spacial score (nSPS) is 10.5. The molecule has 28 heavy (non-hydrogen) atoms. The van der Waals surface area contributed by atoms with E-state index in [9.17, 15) is 20.0 Å². The minimum atomic E-state index is -0.520. The Kier molecular flexibility index (Phi) is 9.20. The Morgan fingerprint density at radius 2 is 1.79 bits per heavy atom. The van der Waals surface area contributed by atoms with Gasteiger partial charge in [0.25, 0.3) is 11.6 Å². The number of carbonyl (C=O) groups is 1. The van der Waals surface area contributed by atoms with Crippen molar-refractivity contribution in [3.8, 4) is 11.8 Å². The van der Waals surface area contributed by atoms with Crippen molar-refractivity contribution in [2.75, 3.05) is 0 Å². The molecule has 0 aliphatic heterocycles. The number of aromatic hydroxyl groups is 1. The van der Waals surface area contributed by atoms with E-state index in [1.54, 1.807) is 30.3 Å². The summed E-state index contributed by atoms with van der Waals surface area (Å²) in [5.74, 6) is -0.386. The third-order valence-electron chi connectivity index (χ3n) is 3.41. The molecule has 0 spiro atoms. The van der Waals surface area contributed by atoms with Crippen LogP contribution in [0.2, 0.25) is 0 Å². The fraction of sp³-hybridized carbons (Fsp3) is 0.143. The van der Waals surface area contributed by atoms with Crippen LogP contribution < -0.4 is 5.32 Å². The van der Waals surface area contributed by atoms with Gasteiger partial charge in [0.15, 0.2) is 0 Å². The molecule has 2 aromatic carbocycles. The number of allylic oxidation sites excluding steroid dienone is 2. The number of nitro benzene ring substituents is 1. The van der Waals surface area contributed by atoms with E-state index >= 15 is 0 Å². The first-order valence-corrected chi connectivity index (χ1v) is 8.58. The molecule has 0 saturated heterocycles. The number of hydrogen-bond donors (Lipinski definition) is 2. The van der Waals surface area contributed by atoms with Gasteiger partial charge in [0.1, 0.15) is 17.4 Å². The standard InChI is InChI=1S/C19H15N3O4.C2H6/c20-12-16(19(24)21-13-15-6-10-18(23)11-7-15)3-1-2-14-4-8-17(9-5-14)22(25)26;1-2/h1-11,23H,13H2,(H,21,24);1-2H3/b2-1+,16-3+;. The van der Waals surface area contributed by atoms with Crippen molar-refractivity contribution in [2.45, 2.75) is 20.4 Å². The SMILES string of the molecule is CC.N#C/C(=C\C=C\c1ccc([N+](=O)[O-])cc1)C(=O)NCc1ccc(O)cc1. The van der Waals surface area contributed by atoms with Gasteiger partial charge in [0.2, 0.25) is 0 Å². The summed E-state index contributed by atoms with van der Waals surface area (Å²) in [6.45, 7) is 4.23. The van der Waals surface area contributed by atoms with Crippen LogP contribution in [0.5, 0.6) is 5.75 Å². The summed E-state index contributed by atoms with van der Waals surface area (Å²) in [5.41, 5.74) is 1.41. The average Bonchev–Trinajstić information content (AvgIpc) is 2.72. The van der Waals surface area contributed by atoms with Crippen LogP contribution >= 0.6 is 0 Å². The molecule has 0 fully saturated rings. The highest BCUT2D eigenvalue weighted by Crippen LogP contribution is 2.13. The van der Waals surface area contributed by atoms with E-state index in [-0.39, 0.29) is 23.6 Å². The highest BCUT2D eigenvalue weighted by Gasteiger charge is 2.07. The molecule has 2 aromatic rings. The second-order valence-electron chi connectivity index (χ2n) is 5.25. The van der Waals surface area contributed by atoms with E-state index < -0.39 is 10.8 Å². The Morgan fingerprint density at radius 3 is 2.32 bits per heavy atom. The van der Waals surface area contributed by atoms with Gasteiger partial charge in [-0.3, -0.25) is 14.9 Å². The first kappa shape index (κ1) is 22.1. The van der Waals surface area contributed by atoms with Crippen LogP contribution in [0.25, 0.3) is 6.08 Å². The molecule has 0 bridgehead atoms.